The minimum Gasteiger partial charge on any atom is -0.457 e. The molecule has 0 aromatic heterocycles. The quantitative estimate of drug-likeness (QED) is 0.110. The highest BCUT2D eigenvalue weighted by Crippen LogP contribution is 2.42. The van der Waals surface area contributed by atoms with E-state index in [1.54, 1.807) is 12.1 Å². The summed E-state index contributed by atoms with van der Waals surface area (Å²) in [5.41, 5.74) is 6.35. The predicted octanol–water partition coefficient (Wildman–Crippen LogP) is 10.1. The van der Waals surface area contributed by atoms with Crippen LogP contribution < -0.4 is 15.4 Å². The Hall–Kier alpha value is -5.77. The van der Waals surface area contributed by atoms with Crippen molar-refractivity contribution in [1.29, 1.82) is 0 Å². The summed E-state index contributed by atoms with van der Waals surface area (Å²) in [7, 11) is 0. The first-order valence-corrected chi connectivity index (χ1v) is 18.3. The lowest BCUT2D eigenvalue weighted by molar-refractivity contribution is -0.276. The van der Waals surface area contributed by atoms with Crippen molar-refractivity contribution in [3.63, 3.8) is 0 Å². The smallest absolute Gasteiger partial charge is 0.323 e. The molecular weight excluding hydrogens is 675 g/mol. The summed E-state index contributed by atoms with van der Waals surface area (Å²) >= 11 is 0. The number of hydrogen-bond donors (Lipinski definition) is 3. The third-order valence-corrected chi connectivity index (χ3v) is 9.57. The summed E-state index contributed by atoms with van der Waals surface area (Å²) in [5, 5.41) is 15.6. The van der Waals surface area contributed by atoms with E-state index in [2.05, 4.69) is 71.0 Å². The molecule has 4 atom stereocenters. The number of amides is 2. The number of nitrogens with one attached hydrogen (secondary N) is 2. The molecule has 0 unspecified atom stereocenters. The first-order valence-electron chi connectivity index (χ1n) is 18.3. The SMILES string of the molecule is C[C@@H]1[C@H](CN(Cc2ccccc2)Cc2ccccc2)O[C@H](c2cccc(NC(=O)Nc3ccc(Oc4ccccc4)cc3)c2)O[C@@H]1c1ccc(CO)cc1. The third-order valence-electron chi connectivity index (χ3n) is 9.57. The topological polar surface area (TPSA) is 92.3 Å². The van der Waals surface area contributed by atoms with E-state index < -0.39 is 6.29 Å². The number of rotatable bonds is 13. The number of carbonyl (C=O) groups excluding carboxylic acids is 1. The molecule has 8 nitrogen and oxygen atoms in total. The molecule has 0 bridgehead atoms. The Kier molecular flexibility index (Phi) is 12.1. The monoisotopic (exact) mass is 719 g/mol. The maximum atomic E-state index is 13.1. The molecule has 2 amide bonds. The number of aliphatic hydroxyl groups is 1. The van der Waals surface area contributed by atoms with Gasteiger partial charge in [0, 0.05) is 42.5 Å². The van der Waals surface area contributed by atoms with Crippen LogP contribution >= 0.6 is 0 Å². The van der Waals surface area contributed by atoms with Crippen molar-refractivity contribution in [1.82, 2.24) is 4.90 Å². The van der Waals surface area contributed by atoms with E-state index in [0.717, 1.165) is 35.5 Å². The second-order valence-electron chi connectivity index (χ2n) is 13.6. The van der Waals surface area contributed by atoms with Crippen LogP contribution in [0.4, 0.5) is 16.2 Å². The summed E-state index contributed by atoms with van der Waals surface area (Å²) < 4.78 is 19.5. The number of benzene rings is 6. The van der Waals surface area contributed by atoms with E-state index in [9.17, 15) is 9.90 Å². The lowest BCUT2D eigenvalue weighted by atomic mass is 9.89. The van der Waals surface area contributed by atoms with Crippen LogP contribution in [0.1, 0.15) is 47.1 Å². The van der Waals surface area contributed by atoms with Gasteiger partial charge in [0.15, 0.2) is 6.29 Å². The van der Waals surface area contributed by atoms with Crippen LogP contribution in [0.2, 0.25) is 0 Å². The third kappa shape index (κ3) is 9.80. The van der Waals surface area contributed by atoms with Crippen molar-refractivity contribution >= 4 is 17.4 Å². The molecular formula is C46H45N3O5. The fraction of sp³-hybridized carbons (Fsp3) is 0.196. The summed E-state index contributed by atoms with van der Waals surface area (Å²) in [4.78, 5) is 15.5. The summed E-state index contributed by atoms with van der Waals surface area (Å²) in [6, 6.07) is 52.9. The fourth-order valence-corrected chi connectivity index (χ4v) is 6.74. The highest BCUT2D eigenvalue weighted by atomic mass is 16.7. The highest BCUT2D eigenvalue weighted by Gasteiger charge is 2.39. The van der Waals surface area contributed by atoms with Crippen molar-refractivity contribution in [3.8, 4) is 11.5 Å². The van der Waals surface area contributed by atoms with Gasteiger partial charge in [-0.1, -0.05) is 122 Å². The van der Waals surface area contributed by atoms with E-state index in [4.69, 9.17) is 14.2 Å². The molecule has 1 heterocycles. The molecule has 0 radical (unpaired) electrons. The zero-order valence-corrected chi connectivity index (χ0v) is 30.3. The van der Waals surface area contributed by atoms with Crippen LogP contribution in [0.15, 0.2) is 164 Å². The number of anilines is 2. The van der Waals surface area contributed by atoms with Gasteiger partial charge in [0.25, 0.3) is 0 Å². The van der Waals surface area contributed by atoms with Gasteiger partial charge in [-0.25, -0.2) is 4.79 Å². The molecule has 8 heteroatoms. The molecule has 1 saturated heterocycles. The Balaban J connectivity index is 1.08. The zero-order chi connectivity index (χ0) is 37.1. The van der Waals surface area contributed by atoms with E-state index in [1.807, 2.05) is 103 Å². The van der Waals surface area contributed by atoms with Crippen LogP contribution in [0.25, 0.3) is 0 Å². The Morgan fingerprint density at radius 1 is 0.630 bits per heavy atom. The van der Waals surface area contributed by atoms with E-state index >= 15 is 0 Å². The number of aliphatic hydroxyl groups excluding tert-OH is 1. The van der Waals surface area contributed by atoms with Crippen LogP contribution in [0.5, 0.6) is 11.5 Å². The van der Waals surface area contributed by atoms with Crippen molar-refractivity contribution in [2.75, 3.05) is 17.2 Å². The first kappa shape index (κ1) is 36.6. The van der Waals surface area contributed by atoms with Crippen LogP contribution in [-0.4, -0.2) is 28.7 Å². The van der Waals surface area contributed by atoms with E-state index in [-0.39, 0.29) is 30.8 Å². The maximum absolute atomic E-state index is 13.1. The molecule has 1 fully saturated rings. The van der Waals surface area contributed by atoms with Gasteiger partial charge in [0.2, 0.25) is 0 Å². The number of carbonyl (C=O) groups is 1. The Morgan fingerprint density at radius 2 is 1.22 bits per heavy atom. The van der Waals surface area contributed by atoms with Gasteiger partial charge in [-0.15, -0.1) is 0 Å². The fourth-order valence-electron chi connectivity index (χ4n) is 6.74. The van der Waals surface area contributed by atoms with Gasteiger partial charge in [-0.2, -0.15) is 0 Å². The maximum Gasteiger partial charge on any atom is 0.323 e. The number of hydrogen-bond acceptors (Lipinski definition) is 6. The molecule has 1 aliphatic heterocycles. The average molecular weight is 720 g/mol. The average Bonchev–Trinajstić information content (AvgIpc) is 3.21. The zero-order valence-electron chi connectivity index (χ0n) is 30.3. The molecule has 6 aromatic carbocycles. The Bertz CT molecular complexity index is 2020. The second kappa shape index (κ2) is 17.8. The molecule has 6 aromatic rings. The summed E-state index contributed by atoms with van der Waals surface area (Å²) in [6.07, 6.45) is -1.15. The van der Waals surface area contributed by atoms with E-state index in [1.165, 1.54) is 11.1 Å². The number of urea groups is 1. The predicted molar refractivity (Wildman–Crippen MR) is 212 cm³/mol. The van der Waals surface area contributed by atoms with E-state index in [0.29, 0.717) is 23.7 Å². The minimum atomic E-state index is -0.689. The molecule has 0 aliphatic carbocycles. The lowest BCUT2D eigenvalue weighted by Gasteiger charge is -2.43. The molecule has 0 spiro atoms. The Morgan fingerprint density at radius 3 is 1.85 bits per heavy atom. The largest absolute Gasteiger partial charge is 0.457 e. The minimum absolute atomic E-state index is 0.00633. The van der Waals surface area contributed by atoms with Gasteiger partial charge in [0.05, 0.1) is 18.8 Å². The molecule has 3 N–H and O–H groups in total. The Labute approximate surface area is 317 Å². The molecule has 7 rings (SSSR count). The highest BCUT2D eigenvalue weighted by molar-refractivity contribution is 5.99. The molecule has 1 aliphatic rings. The van der Waals surface area contributed by atoms with Crippen LogP contribution in [0.3, 0.4) is 0 Å². The lowest BCUT2D eigenvalue weighted by Crippen LogP contribution is -2.44. The molecule has 54 heavy (non-hydrogen) atoms. The van der Waals surface area contributed by atoms with Gasteiger partial charge < -0.3 is 30.0 Å². The standard InChI is InChI=1S/C46H45N3O5/c1-33-43(31-49(29-34-12-5-2-6-13-34)30-35-14-7-3-8-15-35)53-45(54-44(33)37-22-20-36(32-50)21-23-37)38-16-11-17-40(28-38)48-46(51)47-39-24-26-42(27-25-39)52-41-18-9-4-10-19-41/h2-28,33,43-45,50H,29-32H2,1H3,(H2,47,48,51)/t33-,43+,44+,45+/m1/s1. The van der Waals surface area contributed by atoms with Crippen LogP contribution in [-0.2, 0) is 29.2 Å². The van der Waals surface area contributed by atoms with Crippen molar-refractivity contribution in [3.05, 3.63) is 192 Å². The molecule has 274 valence electrons. The number of nitrogens with zero attached hydrogens (tertiary/aromatic N) is 1. The normalized spacial score (nSPS) is 18.2. The van der Waals surface area contributed by atoms with Gasteiger partial charge >= 0.3 is 6.03 Å². The molecule has 0 saturated carbocycles. The van der Waals surface area contributed by atoms with Gasteiger partial charge in [0.1, 0.15) is 11.5 Å². The second-order valence-corrected chi connectivity index (χ2v) is 13.6. The summed E-state index contributed by atoms with van der Waals surface area (Å²) in [5.74, 6) is 1.42. The van der Waals surface area contributed by atoms with Crippen molar-refractivity contribution < 1.29 is 24.1 Å². The van der Waals surface area contributed by atoms with Gasteiger partial charge in [-0.3, -0.25) is 4.90 Å². The number of para-hydroxylation sites is 1. The van der Waals surface area contributed by atoms with Crippen molar-refractivity contribution in [2.24, 2.45) is 5.92 Å². The van der Waals surface area contributed by atoms with Crippen molar-refractivity contribution in [2.45, 2.75) is 45.1 Å². The van der Waals surface area contributed by atoms with Gasteiger partial charge in [-0.05, 0) is 70.8 Å². The van der Waals surface area contributed by atoms with Crippen LogP contribution in [0, 0.1) is 5.92 Å². The number of ether oxygens (including phenoxy) is 3. The summed E-state index contributed by atoms with van der Waals surface area (Å²) in [6.45, 7) is 4.36. The first-order chi connectivity index (χ1) is 26.5.